The van der Waals surface area contributed by atoms with Crippen molar-refractivity contribution in [3.63, 3.8) is 0 Å². The molecule has 1 saturated heterocycles. The molecule has 1 spiro atoms. The molecule has 3 heteroatoms. The molecule has 1 aromatic carbocycles. The third-order valence-electron chi connectivity index (χ3n) is 5.08. The Morgan fingerprint density at radius 3 is 2.45 bits per heavy atom. The van der Waals surface area contributed by atoms with Crippen molar-refractivity contribution in [2.24, 2.45) is 5.41 Å². The summed E-state index contributed by atoms with van der Waals surface area (Å²) in [7, 11) is 0. The summed E-state index contributed by atoms with van der Waals surface area (Å²) in [5, 5.41) is 9.65. The van der Waals surface area contributed by atoms with E-state index in [4.69, 9.17) is 0 Å². The molecule has 3 rings (SSSR count). The van der Waals surface area contributed by atoms with Crippen molar-refractivity contribution < 1.29 is 9.90 Å². The van der Waals surface area contributed by atoms with Gasteiger partial charge in [-0.1, -0.05) is 19.1 Å². The molecule has 0 atom stereocenters. The number of amides is 1. The van der Waals surface area contributed by atoms with Gasteiger partial charge < -0.3 is 10.0 Å². The van der Waals surface area contributed by atoms with Crippen molar-refractivity contribution in [3.8, 4) is 0 Å². The first kappa shape index (κ1) is 13.6. The fourth-order valence-corrected chi connectivity index (χ4v) is 3.60. The Kier molecular flexibility index (Phi) is 3.55. The van der Waals surface area contributed by atoms with Gasteiger partial charge in [-0.05, 0) is 56.2 Å². The Bertz CT molecular complexity index is 486. The molecule has 0 bridgehead atoms. The molecular formula is C17H23NO2. The van der Waals surface area contributed by atoms with Gasteiger partial charge in [0.2, 0.25) is 5.91 Å². The second kappa shape index (κ2) is 5.21. The van der Waals surface area contributed by atoms with Gasteiger partial charge in [0.15, 0.2) is 0 Å². The van der Waals surface area contributed by atoms with Crippen LogP contribution < -0.4 is 4.90 Å². The molecule has 1 aliphatic carbocycles. The lowest BCUT2D eigenvalue weighted by Crippen LogP contribution is -2.38. The number of aliphatic hydroxyl groups is 1. The molecule has 108 valence electrons. The maximum Gasteiger partial charge on any atom is 0.233 e. The number of rotatable bonds is 2. The highest BCUT2D eigenvalue weighted by Crippen LogP contribution is 2.45. The Hall–Kier alpha value is -1.35. The third kappa shape index (κ3) is 2.24. The van der Waals surface area contributed by atoms with E-state index in [9.17, 15) is 9.90 Å². The van der Waals surface area contributed by atoms with Crippen molar-refractivity contribution in [1.82, 2.24) is 0 Å². The minimum absolute atomic E-state index is 0.192. The molecule has 3 nitrogen and oxygen atoms in total. The van der Waals surface area contributed by atoms with Gasteiger partial charge in [-0.25, -0.2) is 0 Å². The van der Waals surface area contributed by atoms with E-state index < -0.39 is 0 Å². The molecule has 1 aromatic rings. The van der Waals surface area contributed by atoms with Gasteiger partial charge in [0.1, 0.15) is 0 Å². The lowest BCUT2D eigenvalue weighted by Gasteiger charge is -2.33. The number of benzene rings is 1. The molecule has 20 heavy (non-hydrogen) atoms. The summed E-state index contributed by atoms with van der Waals surface area (Å²) >= 11 is 0. The Morgan fingerprint density at radius 2 is 1.85 bits per heavy atom. The Balaban J connectivity index is 1.78. The second-order valence-corrected chi connectivity index (χ2v) is 6.24. The van der Waals surface area contributed by atoms with Crippen LogP contribution in [-0.4, -0.2) is 23.7 Å². The van der Waals surface area contributed by atoms with Gasteiger partial charge in [0.25, 0.3) is 0 Å². The minimum Gasteiger partial charge on any atom is -0.393 e. The van der Waals surface area contributed by atoms with Crippen LogP contribution in [0.1, 0.15) is 44.6 Å². The fraction of sp³-hybridized carbons (Fsp3) is 0.588. The molecule has 0 radical (unpaired) electrons. The number of carbonyl (C=O) groups excluding carboxylic acids is 1. The first-order chi connectivity index (χ1) is 9.64. The van der Waals surface area contributed by atoms with Crippen molar-refractivity contribution in [2.45, 2.75) is 51.6 Å². The van der Waals surface area contributed by atoms with Crippen molar-refractivity contribution in [1.29, 1.82) is 0 Å². The van der Waals surface area contributed by atoms with Crippen LogP contribution in [0.2, 0.25) is 0 Å². The van der Waals surface area contributed by atoms with E-state index >= 15 is 0 Å². The molecule has 0 unspecified atom stereocenters. The average Bonchev–Trinajstić information content (AvgIpc) is 2.80. The number of nitrogens with zero attached hydrogens (tertiary/aromatic N) is 1. The number of aryl methyl sites for hydroxylation is 1. The van der Waals surface area contributed by atoms with Crippen molar-refractivity contribution >= 4 is 11.6 Å². The predicted octanol–water partition coefficient (Wildman–Crippen LogP) is 2.91. The average molecular weight is 273 g/mol. The zero-order chi connectivity index (χ0) is 14.2. The molecule has 0 aromatic heterocycles. The van der Waals surface area contributed by atoms with Gasteiger partial charge in [-0.2, -0.15) is 0 Å². The van der Waals surface area contributed by atoms with Crippen LogP contribution in [0.25, 0.3) is 0 Å². The van der Waals surface area contributed by atoms with E-state index in [1.54, 1.807) is 0 Å². The highest BCUT2D eigenvalue weighted by Gasteiger charge is 2.48. The third-order valence-corrected chi connectivity index (χ3v) is 5.08. The summed E-state index contributed by atoms with van der Waals surface area (Å²) in [5.41, 5.74) is 2.13. The van der Waals surface area contributed by atoms with Gasteiger partial charge >= 0.3 is 0 Å². The molecule has 2 fully saturated rings. The summed E-state index contributed by atoms with van der Waals surface area (Å²) in [6, 6.07) is 8.34. The minimum atomic E-state index is -0.202. The first-order valence-electron chi connectivity index (χ1n) is 7.73. The highest BCUT2D eigenvalue weighted by molar-refractivity contribution is 5.99. The van der Waals surface area contributed by atoms with Crippen LogP contribution >= 0.6 is 0 Å². The summed E-state index contributed by atoms with van der Waals surface area (Å²) in [5.74, 6) is 0.272. The van der Waals surface area contributed by atoms with E-state index in [2.05, 4.69) is 31.2 Å². The van der Waals surface area contributed by atoms with Gasteiger partial charge in [-0.3, -0.25) is 4.79 Å². The standard InChI is InChI=1S/C17H23NO2/c1-2-13-3-5-14(6-4-13)18-12-11-17(16(18)20)9-7-15(19)8-10-17/h3-6,15,19H,2,7-12H2,1H3. The first-order valence-corrected chi connectivity index (χ1v) is 7.73. The van der Waals surface area contributed by atoms with Crippen LogP contribution in [0, 0.1) is 5.41 Å². The summed E-state index contributed by atoms with van der Waals surface area (Å²) in [6.45, 7) is 2.96. The van der Waals surface area contributed by atoms with E-state index in [1.807, 2.05) is 4.90 Å². The van der Waals surface area contributed by atoms with Crippen LogP contribution in [0.3, 0.4) is 0 Å². The number of aliphatic hydroxyl groups excluding tert-OH is 1. The normalized spacial score (nSPS) is 30.2. The van der Waals surface area contributed by atoms with Crippen molar-refractivity contribution in [3.05, 3.63) is 29.8 Å². The maximum absolute atomic E-state index is 12.8. The number of hydrogen-bond acceptors (Lipinski definition) is 2. The number of hydrogen-bond donors (Lipinski definition) is 1. The molecule has 1 amide bonds. The Morgan fingerprint density at radius 1 is 1.20 bits per heavy atom. The van der Waals surface area contributed by atoms with Crippen LogP contribution in [0.4, 0.5) is 5.69 Å². The molecular weight excluding hydrogens is 250 g/mol. The van der Waals surface area contributed by atoms with E-state index in [1.165, 1.54) is 5.56 Å². The number of anilines is 1. The lowest BCUT2D eigenvalue weighted by molar-refractivity contribution is -0.128. The molecule has 2 aliphatic rings. The quantitative estimate of drug-likeness (QED) is 0.900. The van der Waals surface area contributed by atoms with Crippen LogP contribution in [-0.2, 0) is 11.2 Å². The maximum atomic E-state index is 12.8. The van der Waals surface area contributed by atoms with Gasteiger partial charge in [-0.15, -0.1) is 0 Å². The van der Waals surface area contributed by atoms with E-state index in [0.29, 0.717) is 0 Å². The van der Waals surface area contributed by atoms with E-state index in [-0.39, 0.29) is 17.4 Å². The molecule has 1 heterocycles. The molecule has 1 N–H and O–H groups in total. The van der Waals surface area contributed by atoms with Crippen molar-refractivity contribution in [2.75, 3.05) is 11.4 Å². The number of carbonyl (C=O) groups is 1. The zero-order valence-electron chi connectivity index (χ0n) is 12.1. The molecule has 1 aliphatic heterocycles. The van der Waals surface area contributed by atoms with E-state index in [0.717, 1.165) is 50.8 Å². The summed E-state index contributed by atoms with van der Waals surface area (Å²) < 4.78 is 0. The highest BCUT2D eigenvalue weighted by atomic mass is 16.3. The van der Waals surface area contributed by atoms with Gasteiger partial charge in [0.05, 0.1) is 11.5 Å². The SMILES string of the molecule is CCc1ccc(N2CCC3(CCC(O)CC3)C2=O)cc1. The smallest absolute Gasteiger partial charge is 0.233 e. The van der Waals surface area contributed by atoms with Crippen LogP contribution in [0.15, 0.2) is 24.3 Å². The fourth-order valence-electron chi connectivity index (χ4n) is 3.60. The largest absolute Gasteiger partial charge is 0.393 e. The molecule has 1 saturated carbocycles. The zero-order valence-corrected chi connectivity index (χ0v) is 12.1. The predicted molar refractivity (Wildman–Crippen MR) is 79.7 cm³/mol. The monoisotopic (exact) mass is 273 g/mol. The Labute approximate surface area is 120 Å². The lowest BCUT2D eigenvalue weighted by atomic mass is 9.72. The van der Waals surface area contributed by atoms with Gasteiger partial charge in [0, 0.05) is 12.2 Å². The topological polar surface area (TPSA) is 40.5 Å². The van der Waals surface area contributed by atoms with Crippen LogP contribution in [0.5, 0.6) is 0 Å². The summed E-state index contributed by atoms with van der Waals surface area (Å²) in [4.78, 5) is 14.7. The summed E-state index contributed by atoms with van der Waals surface area (Å²) in [6.07, 6.45) is 4.99. The second-order valence-electron chi connectivity index (χ2n) is 6.24.